The second-order valence-electron chi connectivity index (χ2n) is 6.23. The van der Waals surface area contributed by atoms with Crippen LogP contribution in [0, 0.1) is 0 Å². The Balaban J connectivity index is 1.74. The molecule has 0 bridgehead atoms. The highest BCUT2D eigenvalue weighted by molar-refractivity contribution is 6.40. The summed E-state index contributed by atoms with van der Waals surface area (Å²) in [5.41, 5.74) is 1.84. The van der Waals surface area contributed by atoms with E-state index in [-0.39, 0.29) is 5.56 Å². The van der Waals surface area contributed by atoms with Gasteiger partial charge in [0.05, 0.1) is 27.5 Å². The highest BCUT2D eigenvalue weighted by atomic mass is 35.5. The van der Waals surface area contributed by atoms with Crippen molar-refractivity contribution in [3.8, 4) is 11.6 Å². The Morgan fingerprint density at radius 2 is 1.70 bits per heavy atom. The molecule has 0 atom stereocenters. The van der Waals surface area contributed by atoms with Crippen LogP contribution in [-0.2, 0) is 0 Å². The number of aromatic nitrogens is 1. The van der Waals surface area contributed by atoms with Gasteiger partial charge in [-0.1, -0.05) is 61.3 Å². The second-order valence-corrected chi connectivity index (χ2v) is 7.04. The van der Waals surface area contributed by atoms with Crippen LogP contribution >= 0.6 is 23.2 Å². The highest BCUT2D eigenvalue weighted by Gasteiger charge is 2.15. The van der Waals surface area contributed by atoms with Gasteiger partial charge in [0.25, 0.3) is 5.91 Å². The minimum atomic E-state index is -0.397. The van der Waals surface area contributed by atoms with Crippen LogP contribution in [0.4, 0.5) is 5.69 Å². The van der Waals surface area contributed by atoms with Crippen molar-refractivity contribution in [2.75, 3.05) is 5.32 Å². The molecule has 6 heteroatoms. The fourth-order valence-electron chi connectivity index (χ4n) is 2.59. The van der Waals surface area contributed by atoms with Crippen molar-refractivity contribution in [2.45, 2.75) is 19.8 Å². The molecule has 1 amide bonds. The summed E-state index contributed by atoms with van der Waals surface area (Å²) in [5, 5.41) is 3.31. The Morgan fingerprint density at radius 1 is 1.00 bits per heavy atom. The molecule has 0 fully saturated rings. The smallest absolute Gasteiger partial charge is 0.258 e. The molecule has 0 aliphatic heterocycles. The SMILES string of the molecule is CC(C)c1ccccc1Oc1ccc(NC(=O)c2c(Cl)cccc2Cl)cn1. The maximum Gasteiger partial charge on any atom is 0.258 e. The molecule has 3 rings (SSSR count). The summed E-state index contributed by atoms with van der Waals surface area (Å²) in [7, 11) is 0. The van der Waals surface area contributed by atoms with Crippen LogP contribution < -0.4 is 10.1 Å². The molecule has 0 unspecified atom stereocenters. The molecule has 2 aromatic carbocycles. The summed E-state index contributed by atoms with van der Waals surface area (Å²) in [5.74, 6) is 1.14. The maximum absolute atomic E-state index is 12.4. The number of halogens is 2. The van der Waals surface area contributed by atoms with E-state index in [1.807, 2.05) is 24.3 Å². The van der Waals surface area contributed by atoms with Gasteiger partial charge in [-0.05, 0) is 35.7 Å². The van der Waals surface area contributed by atoms with Crippen molar-refractivity contribution in [3.05, 3.63) is 82.0 Å². The number of para-hydroxylation sites is 1. The molecule has 0 aliphatic rings. The summed E-state index contributed by atoms with van der Waals surface area (Å²) in [6.45, 7) is 4.21. The van der Waals surface area contributed by atoms with E-state index < -0.39 is 5.91 Å². The van der Waals surface area contributed by atoms with E-state index >= 15 is 0 Å². The van der Waals surface area contributed by atoms with Crippen LogP contribution in [0.3, 0.4) is 0 Å². The topological polar surface area (TPSA) is 51.2 Å². The third-order valence-corrected chi connectivity index (χ3v) is 4.57. The van der Waals surface area contributed by atoms with Gasteiger partial charge in [0.1, 0.15) is 5.75 Å². The number of nitrogens with one attached hydrogen (secondary N) is 1. The zero-order valence-corrected chi connectivity index (χ0v) is 16.4. The third kappa shape index (κ3) is 4.59. The summed E-state index contributed by atoms with van der Waals surface area (Å²) < 4.78 is 5.89. The van der Waals surface area contributed by atoms with Crippen molar-refractivity contribution in [3.63, 3.8) is 0 Å². The van der Waals surface area contributed by atoms with E-state index in [4.69, 9.17) is 27.9 Å². The number of pyridine rings is 1. The number of carbonyl (C=O) groups excluding carboxylic acids is 1. The van der Waals surface area contributed by atoms with Crippen LogP contribution in [0.15, 0.2) is 60.8 Å². The summed E-state index contributed by atoms with van der Waals surface area (Å²) in [6, 6.07) is 16.2. The number of amides is 1. The number of anilines is 1. The van der Waals surface area contributed by atoms with Crippen LogP contribution in [0.25, 0.3) is 0 Å². The zero-order chi connectivity index (χ0) is 19.4. The molecule has 138 valence electrons. The fourth-order valence-corrected chi connectivity index (χ4v) is 3.16. The van der Waals surface area contributed by atoms with E-state index in [2.05, 4.69) is 24.1 Å². The van der Waals surface area contributed by atoms with E-state index in [0.29, 0.717) is 27.5 Å². The van der Waals surface area contributed by atoms with Gasteiger partial charge < -0.3 is 10.1 Å². The summed E-state index contributed by atoms with van der Waals surface area (Å²) >= 11 is 12.1. The van der Waals surface area contributed by atoms with Crippen molar-refractivity contribution in [1.82, 2.24) is 4.98 Å². The van der Waals surface area contributed by atoms with E-state index in [0.717, 1.165) is 11.3 Å². The van der Waals surface area contributed by atoms with E-state index in [1.165, 1.54) is 6.20 Å². The monoisotopic (exact) mass is 400 g/mol. The van der Waals surface area contributed by atoms with E-state index in [1.54, 1.807) is 30.3 Å². The van der Waals surface area contributed by atoms with Crippen molar-refractivity contribution < 1.29 is 9.53 Å². The van der Waals surface area contributed by atoms with Gasteiger partial charge in [0, 0.05) is 6.07 Å². The second kappa shape index (κ2) is 8.42. The number of ether oxygens (including phenoxy) is 1. The molecule has 4 nitrogen and oxygen atoms in total. The predicted octanol–water partition coefficient (Wildman–Crippen LogP) is 6.56. The van der Waals surface area contributed by atoms with Gasteiger partial charge in [0.2, 0.25) is 5.88 Å². The predicted molar refractivity (Wildman–Crippen MR) is 109 cm³/mol. The van der Waals surface area contributed by atoms with Gasteiger partial charge >= 0.3 is 0 Å². The molecule has 3 aromatic rings. The number of benzene rings is 2. The first kappa shape index (κ1) is 19.2. The van der Waals surface area contributed by atoms with Crippen molar-refractivity contribution >= 4 is 34.8 Å². The third-order valence-electron chi connectivity index (χ3n) is 3.94. The molecule has 27 heavy (non-hydrogen) atoms. The largest absolute Gasteiger partial charge is 0.439 e. The quantitative estimate of drug-likeness (QED) is 0.527. The molecular formula is C21H18Cl2N2O2. The Morgan fingerprint density at radius 3 is 2.33 bits per heavy atom. The summed E-state index contributed by atoms with van der Waals surface area (Å²) in [6.07, 6.45) is 1.52. The number of nitrogens with zero attached hydrogens (tertiary/aromatic N) is 1. The first-order valence-electron chi connectivity index (χ1n) is 8.44. The Labute approximate surface area is 168 Å². The fraction of sp³-hybridized carbons (Fsp3) is 0.143. The van der Waals surface area contributed by atoms with Gasteiger partial charge in [0.15, 0.2) is 0 Å². The standard InChI is InChI=1S/C21H18Cl2N2O2/c1-13(2)15-6-3-4-9-18(15)27-19-11-10-14(12-24-19)25-21(26)20-16(22)7-5-8-17(20)23/h3-13H,1-2H3,(H,25,26). The lowest BCUT2D eigenvalue weighted by Gasteiger charge is -2.13. The zero-order valence-electron chi connectivity index (χ0n) is 14.9. The summed E-state index contributed by atoms with van der Waals surface area (Å²) in [4.78, 5) is 16.7. The normalized spacial score (nSPS) is 10.7. The first-order chi connectivity index (χ1) is 13.0. The van der Waals surface area contributed by atoms with E-state index in [9.17, 15) is 4.79 Å². The first-order valence-corrected chi connectivity index (χ1v) is 9.19. The maximum atomic E-state index is 12.4. The molecule has 0 saturated heterocycles. The van der Waals surface area contributed by atoms with Crippen molar-refractivity contribution in [2.24, 2.45) is 0 Å². The number of hydrogen-bond donors (Lipinski definition) is 1. The molecule has 0 spiro atoms. The Bertz CT molecular complexity index is 936. The van der Waals surface area contributed by atoms with Gasteiger partial charge in [-0.15, -0.1) is 0 Å². The van der Waals surface area contributed by atoms with Gasteiger partial charge in [-0.3, -0.25) is 4.79 Å². The highest BCUT2D eigenvalue weighted by Crippen LogP contribution is 2.30. The van der Waals surface area contributed by atoms with Gasteiger partial charge in [-0.2, -0.15) is 0 Å². The van der Waals surface area contributed by atoms with Crippen LogP contribution in [0.1, 0.15) is 35.7 Å². The minimum absolute atomic E-state index is 0.229. The molecule has 0 radical (unpaired) electrons. The molecule has 0 saturated carbocycles. The number of hydrogen-bond acceptors (Lipinski definition) is 3. The molecule has 1 N–H and O–H groups in total. The Hall–Kier alpha value is -2.56. The number of carbonyl (C=O) groups is 1. The molecule has 1 aromatic heterocycles. The Kier molecular flexibility index (Phi) is 5.99. The van der Waals surface area contributed by atoms with Crippen molar-refractivity contribution in [1.29, 1.82) is 0 Å². The van der Waals surface area contributed by atoms with Crippen LogP contribution in [0.2, 0.25) is 10.0 Å². The lowest BCUT2D eigenvalue weighted by Crippen LogP contribution is -2.13. The average molecular weight is 401 g/mol. The molecular weight excluding hydrogens is 383 g/mol. The lowest BCUT2D eigenvalue weighted by molar-refractivity contribution is 0.102. The van der Waals surface area contributed by atoms with Crippen LogP contribution in [0.5, 0.6) is 11.6 Å². The average Bonchev–Trinajstić information content (AvgIpc) is 2.63. The molecule has 1 heterocycles. The minimum Gasteiger partial charge on any atom is -0.439 e. The molecule has 0 aliphatic carbocycles. The lowest BCUT2D eigenvalue weighted by atomic mass is 10.0. The van der Waals surface area contributed by atoms with Gasteiger partial charge in [-0.25, -0.2) is 4.98 Å². The number of rotatable bonds is 5. The van der Waals surface area contributed by atoms with Crippen LogP contribution in [-0.4, -0.2) is 10.9 Å².